The van der Waals surface area contributed by atoms with Gasteiger partial charge in [0.1, 0.15) is 5.75 Å². The number of nitrogens with two attached hydrogens (primary N) is 1. The first-order valence-corrected chi connectivity index (χ1v) is 8.82. The van der Waals surface area contributed by atoms with Crippen LogP contribution in [0.15, 0.2) is 59.5 Å². The van der Waals surface area contributed by atoms with Crippen LogP contribution in [0.4, 0.5) is 0 Å². The number of rotatable bonds is 5. The van der Waals surface area contributed by atoms with Gasteiger partial charge in [-0.05, 0) is 29.8 Å². The van der Waals surface area contributed by atoms with Crippen molar-refractivity contribution in [2.24, 2.45) is 5.73 Å². The van der Waals surface area contributed by atoms with Crippen molar-refractivity contribution in [1.82, 2.24) is 0 Å². The fourth-order valence-corrected chi connectivity index (χ4v) is 5.45. The summed E-state index contributed by atoms with van der Waals surface area (Å²) in [5.74, 6) is 0.243. The Bertz CT molecular complexity index is 789. The Morgan fingerprint density at radius 1 is 1.13 bits per heavy atom. The van der Waals surface area contributed by atoms with Gasteiger partial charge in [0.05, 0.1) is 29.4 Å². The first-order chi connectivity index (χ1) is 10.9. The van der Waals surface area contributed by atoms with Gasteiger partial charge in [-0.15, -0.1) is 0 Å². The Hall–Kier alpha value is -1.89. The van der Waals surface area contributed by atoms with Gasteiger partial charge in [0.25, 0.3) is 0 Å². The summed E-state index contributed by atoms with van der Waals surface area (Å²) < 4.78 is 30.8. The molecule has 1 aliphatic rings. The molecule has 0 amide bonds. The normalized spacial score (nSPS) is 26.7. The highest BCUT2D eigenvalue weighted by molar-refractivity contribution is 7.92. The number of hydrogen-bond donors (Lipinski definition) is 2. The van der Waals surface area contributed by atoms with E-state index in [0.29, 0.717) is 5.75 Å². The zero-order valence-electron chi connectivity index (χ0n) is 12.7. The molecule has 0 saturated heterocycles. The van der Waals surface area contributed by atoms with Gasteiger partial charge in [0.15, 0.2) is 9.84 Å². The monoisotopic (exact) mass is 333 g/mol. The summed E-state index contributed by atoms with van der Waals surface area (Å²) in [5.41, 5.74) is 5.82. The fraction of sp³-hybridized carbons (Fsp3) is 0.294. The predicted molar refractivity (Wildman–Crippen MR) is 87.2 cm³/mol. The zero-order valence-corrected chi connectivity index (χ0v) is 13.5. The summed E-state index contributed by atoms with van der Waals surface area (Å²) in [4.78, 5) is 0.226. The Kier molecular flexibility index (Phi) is 3.91. The predicted octanol–water partition coefficient (Wildman–Crippen LogP) is 1.32. The van der Waals surface area contributed by atoms with Crippen molar-refractivity contribution in [2.75, 3.05) is 13.7 Å². The minimum Gasteiger partial charge on any atom is -0.497 e. The van der Waals surface area contributed by atoms with Crippen LogP contribution in [0, 0.1) is 0 Å². The SMILES string of the molecule is COc1ccc([C@H]2[C@@H](S(=O)(=O)c3ccccc3)[C@@]2(N)CO)cc1. The van der Waals surface area contributed by atoms with E-state index in [9.17, 15) is 13.5 Å². The standard InChI is InChI=1S/C17H19NO4S/c1-22-13-9-7-12(8-10-13)15-16(17(15,18)11-19)23(20,21)14-5-3-2-4-6-14/h2-10,15-16,19H,11,18H2,1H3/t15-,16+,17+/m0/s1. The molecule has 0 aliphatic heterocycles. The number of methoxy groups -OCH3 is 1. The summed E-state index contributed by atoms with van der Waals surface area (Å²) in [7, 11) is -2.05. The average Bonchev–Trinajstić information content (AvgIpc) is 3.23. The highest BCUT2D eigenvalue weighted by atomic mass is 32.2. The summed E-state index contributed by atoms with van der Waals surface area (Å²) in [6.07, 6.45) is 0. The van der Waals surface area contributed by atoms with Gasteiger partial charge >= 0.3 is 0 Å². The van der Waals surface area contributed by atoms with Crippen LogP contribution >= 0.6 is 0 Å². The molecule has 0 bridgehead atoms. The number of aliphatic hydroxyl groups is 1. The molecule has 0 heterocycles. The van der Waals surface area contributed by atoms with Crippen LogP contribution in [0.1, 0.15) is 11.5 Å². The van der Waals surface area contributed by atoms with E-state index in [0.717, 1.165) is 5.56 Å². The van der Waals surface area contributed by atoms with Crippen molar-refractivity contribution in [3.8, 4) is 5.75 Å². The first kappa shape index (κ1) is 16.0. The average molecular weight is 333 g/mol. The van der Waals surface area contributed by atoms with Gasteiger partial charge in [-0.3, -0.25) is 0 Å². The van der Waals surface area contributed by atoms with Crippen LogP contribution in [0.25, 0.3) is 0 Å². The van der Waals surface area contributed by atoms with E-state index < -0.39 is 26.5 Å². The Balaban J connectivity index is 1.98. The molecule has 3 atom stereocenters. The summed E-state index contributed by atoms with van der Waals surface area (Å²) in [6, 6.07) is 15.3. The minimum absolute atomic E-state index is 0.226. The quantitative estimate of drug-likeness (QED) is 0.861. The fourth-order valence-electron chi connectivity index (χ4n) is 3.13. The molecule has 0 unspecified atom stereocenters. The van der Waals surface area contributed by atoms with Crippen molar-refractivity contribution in [1.29, 1.82) is 0 Å². The third kappa shape index (κ3) is 2.52. The van der Waals surface area contributed by atoms with Gasteiger partial charge in [-0.1, -0.05) is 30.3 Å². The topological polar surface area (TPSA) is 89.6 Å². The number of aliphatic hydroxyl groups excluding tert-OH is 1. The first-order valence-electron chi connectivity index (χ1n) is 7.28. The molecule has 5 nitrogen and oxygen atoms in total. The lowest BCUT2D eigenvalue weighted by atomic mass is 10.1. The number of ether oxygens (including phenoxy) is 1. The molecule has 0 spiro atoms. The van der Waals surface area contributed by atoms with Gasteiger partial charge < -0.3 is 15.6 Å². The molecule has 1 aliphatic carbocycles. The summed E-state index contributed by atoms with van der Waals surface area (Å²) in [5, 5.41) is 8.83. The Morgan fingerprint density at radius 3 is 2.26 bits per heavy atom. The largest absolute Gasteiger partial charge is 0.497 e. The molecule has 6 heteroatoms. The van der Waals surface area contributed by atoms with Crippen LogP contribution in [-0.4, -0.2) is 38.0 Å². The minimum atomic E-state index is -3.61. The number of sulfone groups is 1. The van der Waals surface area contributed by atoms with E-state index in [1.54, 1.807) is 61.7 Å². The van der Waals surface area contributed by atoms with E-state index in [2.05, 4.69) is 0 Å². The lowest BCUT2D eigenvalue weighted by Crippen LogP contribution is -2.35. The van der Waals surface area contributed by atoms with Crippen molar-refractivity contribution in [2.45, 2.75) is 21.6 Å². The lowest BCUT2D eigenvalue weighted by molar-refractivity contribution is 0.253. The third-order valence-electron chi connectivity index (χ3n) is 4.46. The van der Waals surface area contributed by atoms with Crippen LogP contribution in [0.3, 0.4) is 0 Å². The van der Waals surface area contributed by atoms with Crippen molar-refractivity contribution < 1.29 is 18.3 Å². The van der Waals surface area contributed by atoms with Gasteiger partial charge in [0, 0.05) is 5.92 Å². The van der Waals surface area contributed by atoms with Crippen LogP contribution in [0.5, 0.6) is 5.75 Å². The lowest BCUT2D eigenvalue weighted by Gasteiger charge is -2.08. The van der Waals surface area contributed by atoms with E-state index in [-0.39, 0.29) is 11.5 Å². The molecule has 1 saturated carbocycles. The maximum absolute atomic E-state index is 12.9. The molecule has 122 valence electrons. The van der Waals surface area contributed by atoms with Gasteiger partial charge in [0.2, 0.25) is 0 Å². The summed E-state index contributed by atoms with van der Waals surface area (Å²) >= 11 is 0. The van der Waals surface area contributed by atoms with Crippen LogP contribution < -0.4 is 10.5 Å². The van der Waals surface area contributed by atoms with Gasteiger partial charge in [-0.25, -0.2) is 8.42 Å². The number of benzene rings is 2. The molecular weight excluding hydrogens is 314 g/mol. The molecular formula is C17H19NO4S. The maximum atomic E-state index is 12.9. The molecule has 1 fully saturated rings. The maximum Gasteiger partial charge on any atom is 0.183 e. The molecule has 3 N–H and O–H groups in total. The second kappa shape index (κ2) is 5.63. The Morgan fingerprint density at radius 2 is 1.74 bits per heavy atom. The van der Waals surface area contributed by atoms with E-state index in [1.165, 1.54) is 0 Å². The van der Waals surface area contributed by atoms with Crippen LogP contribution in [-0.2, 0) is 9.84 Å². The second-order valence-electron chi connectivity index (χ2n) is 5.80. The van der Waals surface area contributed by atoms with Crippen molar-refractivity contribution in [3.63, 3.8) is 0 Å². The van der Waals surface area contributed by atoms with Crippen LogP contribution in [0.2, 0.25) is 0 Å². The van der Waals surface area contributed by atoms with E-state index >= 15 is 0 Å². The highest BCUT2D eigenvalue weighted by Crippen LogP contribution is 2.55. The smallest absolute Gasteiger partial charge is 0.183 e. The third-order valence-corrected chi connectivity index (χ3v) is 6.77. The van der Waals surface area contributed by atoms with E-state index in [4.69, 9.17) is 10.5 Å². The Labute approximate surface area is 135 Å². The van der Waals surface area contributed by atoms with Crippen molar-refractivity contribution >= 4 is 9.84 Å². The molecule has 3 rings (SSSR count). The molecule has 23 heavy (non-hydrogen) atoms. The molecule has 2 aromatic carbocycles. The van der Waals surface area contributed by atoms with Crippen molar-refractivity contribution in [3.05, 3.63) is 60.2 Å². The molecule has 0 aromatic heterocycles. The highest BCUT2D eigenvalue weighted by Gasteiger charge is 2.69. The second-order valence-corrected chi connectivity index (χ2v) is 7.87. The van der Waals surface area contributed by atoms with Gasteiger partial charge in [-0.2, -0.15) is 0 Å². The van der Waals surface area contributed by atoms with E-state index in [1.807, 2.05) is 0 Å². The number of hydrogen-bond acceptors (Lipinski definition) is 5. The zero-order chi connectivity index (χ0) is 16.7. The summed E-state index contributed by atoms with van der Waals surface area (Å²) in [6.45, 7) is -0.388. The molecule has 0 radical (unpaired) electrons. The molecule has 2 aromatic rings.